The second-order valence-electron chi connectivity index (χ2n) is 3.44. The number of aromatic nitrogens is 1. The molecule has 0 bridgehead atoms. The summed E-state index contributed by atoms with van der Waals surface area (Å²) in [5.74, 6) is -0.477. The van der Waals surface area contributed by atoms with Crippen molar-refractivity contribution in [1.29, 1.82) is 0 Å². The molecule has 1 rings (SSSR count). The Hall–Kier alpha value is -1.50. The van der Waals surface area contributed by atoms with Crippen molar-refractivity contribution in [2.24, 2.45) is 0 Å². The summed E-state index contributed by atoms with van der Waals surface area (Å²) in [6.45, 7) is 1.60. The number of nitrogens with zero attached hydrogens (tertiary/aromatic N) is 1. The van der Waals surface area contributed by atoms with Gasteiger partial charge in [-0.05, 0) is 25.4 Å². The molecule has 0 radical (unpaired) electrons. The molecule has 1 aromatic heterocycles. The quantitative estimate of drug-likeness (QED) is 0.788. The van der Waals surface area contributed by atoms with E-state index in [0.29, 0.717) is 17.9 Å². The molecule has 0 fully saturated rings. The molecule has 7 heteroatoms. The van der Waals surface area contributed by atoms with E-state index in [1.54, 1.807) is 6.92 Å². The van der Waals surface area contributed by atoms with Crippen LogP contribution in [0.2, 0.25) is 0 Å². The minimum atomic E-state index is -1.04. The van der Waals surface area contributed by atoms with Gasteiger partial charge in [0.1, 0.15) is 17.4 Å². The predicted molar refractivity (Wildman–Crippen MR) is 63.1 cm³/mol. The van der Waals surface area contributed by atoms with Gasteiger partial charge in [0, 0.05) is 0 Å². The van der Waals surface area contributed by atoms with Gasteiger partial charge in [0.15, 0.2) is 0 Å². The van der Waals surface area contributed by atoms with Gasteiger partial charge >= 0.3 is 5.97 Å². The highest BCUT2D eigenvalue weighted by Gasteiger charge is 2.22. The van der Waals surface area contributed by atoms with Crippen molar-refractivity contribution in [2.75, 3.05) is 12.0 Å². The van der Waals surface area contributed by atoms with E-state index >= 15 is 0 Å². The molecule has 6 nitrogen and oxygen atoms in total. The van der Waals surface area contributed by atoms with Gasteiger partial charge in [0.2, 0.25) is 0 Å². The number of carboxylic acids is 1. The highest BCUT2D eigenvalue weighted by molar-refractivity contribution is 7.98. The summed E-state index contributed by atoms with van der Waals surface area (Å²) < 4.78 is 4.75. The molecular formula is C10H14N2O4S. The average Bonchev–Trinajstić information content (AvgIpc) is 2.70. The van der Waals surface area contributed by atoms with Crippen LogP contribution in [0, 0.1) is 6.92 Å². The van der Waals surface area contributed by atoms with Crippen molar-refractivity contribution in [3.8, 4) is 0 Å². The number of carboxylic acid groups (broad SMARTS) is 1. The van der Waals surface area contributed by atoms with Crippen molar-refractivity contribution >= 4 is 23.6 Å². The first-order valence-electron chi connectivity index (χ1n) is 5.00. The molecule has 1 heterocycles. The molecule has 0 aromatic carbocycles. The largest absolute Gasteiger partial charge is 0.480 e. The number of aryl methyl sites for hydroxylation is 1. The van der Waals surface area contributed by atoms with E-state index in [1.165, 1.54) is 18.0 Å². The van der Waals surface area contributed by atoms with Gasteiger partial charge < -0.3 is 14.9 Å². The zero-order chi connectivity index (χ0) is 12.8. The Bertz CT molecular complexity index is 405. The third-order valence-electron chi connectivity index (χ3n) is 2.21. The number of aliphatic carboxylic acids is 1. The van der Waals surface area contributed by atoms with Crippen LogP contribution in [-0.2, 0) is 4.79 Å². The molecular weight excluding hydrogens is 244 g/mol. The maximum absolute atomic E-state index is 11.7. The van der Waals surface area contributed by atoms with Crippen molar-refractivity contribution < 1.29 is 19.2 Å². The molecule has 17 heavy (non-hydrogen) atoms. The molecule has 0 aliphatic heterocycles. The lowest BCUT2D eigenvalue weighted by Gasteiger charge is -2.13. The molecule has 0 saturated carbocycles. The van der Waals surface area contributed by atoms with E-state index in [4.69, 9.17) is 9.63 Å². The lowest BCUT2D eigenvalue weighted by Crippen LogP contribution is -2.41. The number of rotatable bonds is 6. The summed E-state index contributed by atoms with van der Waals surface area (Å²) in [5.41, 5.74) is 0.264. The van der Waals surface area contributed by atoms with Gasteiger partial charge in [-0.3, -0.25) is 4.79 Å². The molecule has 2 N–H and O–H groups in total. The second kappa shape index (κ2) is 6.29. The SMILES string of the molecule is CSCCC(NC(=O)c1cnoc1C)C(=O)O. The van der Waals surface area contributed by atoms with Crippen molar-refractivity contribution in [3.63, 3.8) is 0 Å². The lowest BCUT2D eigenvalue weighted by molar-refractivity contribution is -0.139. The lowest BCUT2D eigenvalue weighted by atomic mass is 10.2. The maximum atomic E-state index is 11.7. The fourth-order valence-electron chi connectivity index (χ4n) is 1.25. The van der Waals surface area contributed by atoms with Gasteiger partial charge in [-0.15, -0.1) is 0 Å². The van der Waals surface area contributed by atoms with Crippen LogP contribution in [0.5, 0.6) is 0 Å². The third kappa shape index (κ3) is 3.77. The number of hydrogen-bond acceptors (Lipinski definition) is 5. The van der Waals surface area contributed by atoms with E-state index < -0.39 is 17.9 Å². The zero-order valence-corrected chi connectivity index (χ0v) is 10.4. The van der Waals surface area contributed by atoms with Crippen LogP contribution < -0.4 is 5.32 Å². The summed E-state index contributed by atoms with van der Waals surface area (Å²) in [7, 11) is 0. The first-order valence-corrected chi connectivity index (χ1v) is 6.39. The predicted octanol–water partition coefficient (Wildman–Crippen LogP) is 0.919. The van der Waals surface area contributed by atoms with Crippen molar-refractivity contribution in [1.82, 2.24) is 10.5 Å². The Morgan fingerprint density at radius 3 is 2.82 bits per heavy atom. The van der Waals surface area contributed by atoms with Crippen LogP contribution in [0.1, 0.15) is 22.5 Å². The number of nitrogens with one attached hydrogen (secondary N) is 1. The van der Waals surface area contributed by atoms with Gasteiger partial charge in [-0.2, -0.15) is 11.8 Å². The van der Waals surface area contributed by atoms with E-state index in [9.17, 15) is 9.59 Å². The zero-order valence-electron chi connectivity index (χ0n) is 9.60. The fourth-order valence-corrected chi connectivity index (χ4v) is 1.72. The topological polar surface area (TPSA) is 92.4 Å². The van der Waals surface area contributed by atoms with Gasteiger partial charge in [-0.25, -0.2) is 4.79 Å². The van der Waals surface area contributed by atoms with E-state index in [1.807, 2.05) is 6.26 Å². The van der Waals surface area contributed by atoms with Crippen molar-refractivity contribution in [2.45, 2.75) is 19.4 Å². The number of carbonyl (C=O) groups is 2. The Kier molecular flexibility index (Phi) is 5.02. The molecule has 0 saturated heterocycles. The van der Waals surface area contributed by atoms with E-state index in [-0.39, 0.29) is 5.56 Å². The Balaban J connectivity index is 2.64. The molecule has 1 unspecified atom stereocenters. The Labute approximate surface area is 103 Å². The van der Waals surface area contributed by atoms with Gasteiger partial charge in [0.25, 0.3) is 5.91 Å². The monoisotopic (exact) mass is 258 g/mol. The Morgan fingerprint density at radius 2 is 2.35 bits per heavy atom. The molecule has 0 spiro atoms. The number of thioether (sulfide) groups is 1. The molecule has 0 aliphatic rings. The summed E-state index contributed by atoms with van der Waals surface area (Å²) in [6, 6.07) is -0.885. The standard InChI is InChI=1S/C10H14N2O4S/c1-6-7(5-11-16-6)9(13)12-8(10(14)15)3-4-17-2/h5,8H,3-4H2,1-2H3,(H,12,13)(H,14,15). The summed E-state index contributed by atoms with van der Waals surface area (Å²) in [6.07, 6.45) is 3.54. The normalized spacial score (nSPS) is 12.1. The molecule has 1 atom stereocenters. The van der Waals surface area contributed by atoms with Crippen LogP contribution in [0.15, 0.2) is 10.7 Å². The minimum absolute atomic E-state index is 0.264. The number of carbonyl (C=O) groups excluding carboxylic acids is 1. The third-order valence-corrected chi connectivity index (χ3v) is 2.85. The van der Waals surface area contributed by atoms with E-state index in [0.717, 1.165) is 0 Å². The molecule has 1 aromatic rings. The summed E-state index contributed by atoms with van der Waals surface area (Å²) in [5, 5.41) is 14.9. The van der Waals surface area contributed by atoms with Crippen LogP contribution in [0.4, 0.5) is 0 Å². The van der Waals surface area contributed by atoms with Gasteiger partial charge in [-0.1, -0.05) is 5.16 Å². The maximum Gasteiger partial charge on any atom is 0.326 e. The highest BCUT2D eigenvalue weighted by Crippen LogP contribution is 2.07. The first-order chi connectivity index (χ1) is 8.06. The second-order valence-corrected chi connectivity index (χ2v) is 4.43. The minimum Gasteiger partial charge on any atom is -0.480 e. The summed E-state index contributed by atoms with van der Waals surface area (Å²) >= 11 is 1.53. The molecule has 0 aliphatic carbocycles. The summed E-state index contributed by atoms with van der Waals surface area (Å²) in [4.78, 5) is 22.7. The highest BCUT2D eigenvalue weighted by atomic mass is 32.2. The number of hydrogen-bond donors (Lipinski definition) is 2. The average molecular weight is 258 g/mol. The van der Waals surface area contributed by atoms with Crippen LogP contribution in [0.3, 0.4) is 0 Å². The van der Waals surface area contributed by atoms with Crippen LogP contribution in [0.25, 0.3) is 0 Å². The number of amides is 1. The smallest absolute Gasteiger partial charge is 0.326 e. The fraction of sp³-hybridized carbons (Fsp3) is 0.500. The molecule has 1 amide bonds. The van der Waals surface area contributed by atoms with Crippen LogP contribution >= 0.6 is 11.8 Å². The van der Waals surface area contributed by atoms with Crippen LogP contribution in [-0.4, -0.2) is 40.2 Å². The Morgan fingerprint density at radius 1 is 1.65 bits per heavy atom. The first kappa shape index (κ1) is 13.6. The van der Waals surface area contributed by atoms with Gasteiger partial charge in [0.05, 0.1) is 6.20 Å². The van der Waals surface area contributed by atoms with E-state index in [2.05, 4.69) is 10.5 Å². The molecule has 94 valence electrons. The van der Waals surface area contributed by atoms with Crippen molar-refractivity contribution in [3.05, 3.63) is 17.5 Å².